The first-order chi connectivity index (χ1) is 8.76. The van der Waals surface area contributed by atoms with E-state index in [0.717, 1.165) is 42.5 Å². The van der Waals surface area contributed by atoms with Gasteiger partial charge in [-0.25, -0.2) is 4.39 Å². The first-order valence-electron chi connectivity index (χ1n) is 7.18. The van der Waals surface area contributed by atoms with E-state index >= 15 is 0 Å². The Kier molecular flexibility index (Phi) is 5.54. The van der Waals surface area contributed by atoms with Crippen LogP contribution in [0.3, 0.4) is 0 Å². The summed E-state index contributed by atoms with van der Waals surface area (Å²) in [4.78, 5) is 2.22. The maximum atomic E-state index is 14.1. The minimum absolute atomic E-state index is 0.00887. The fraction of sp³-hybridized carbons (Fsp3) is 0.647. The van der Waals surface area contributed by atoms with Gasteiger partial charge >= 0.3 is 0 Å². The van der Waals surface area contributed by atoms with Gasteiger partial charge in [0.25, 0.3) is 0 Å². The van der Waals surface area contributed by atoms with Crippen molar-refractivity contribution in [1.29, 1.82) is 0 Å². The summed E-state index contributed by atoms with van der Waals surface area (Å²) in [7, 11) is 4.20. The summed E-state index contributed by atoms with van der Waals surface area (Å²) in [5.41, 5.74) is 3.07. The third kappa shape index (κ3) is 4.61. The van der Waals surface area contributed by atoms with Crippen molar-refractivity contribution in [2.75, 3.05) is 20.6 Å². The molecule has 0 aliphatic carbocycles. The fourth-order valence-electron chi connectivity index (χ4n) is 2.73. The molecule has 0 fully saturated rings. The van der Waals surface area contributed by atoms with Gasteiger partial charge in [0.05, 0.1) is 0 Å². The second-order valence-corrected chi connectivity index (χ2v) is 6.58. The molecule has 0 aliphatic rings. The van der Waals surface area contributed by atoms with Crippen LogP contribution in [0, 0.1) is 18.2 Å². The normalized spacial score (nSPS) is 12.2. The molecule has 19 heavy (non-hydrogen) atoms. The number of benzene rings is 1. The molecular weight excluding hydrogens is 237 g/mol. The van der Waals surface area contributed by atoms with Crippen LogP contribution >= 0.6 is 0 Å². The van der Waals surface area contributed by atoms with Crippen molar-refractivity contribution in [2.24, 2.45) is 5.41 Å². The number of hydrogen-bond acceptors (Lipinski definition) is 1. The predicted octanol–water partition coefficient (Wildman–Crippen LogP) is 4.22. The molecule has 0 saturated carbocycles. The molecule has 1 aromatic carbocycles. The highest BCUT2D eigenvalue weighted by Gasteiger charge is 2.19. The second kappa shape index (κ2) is 6.51. The van der Waals surface area contributed by atoms with E-state index in [9.17, 15) is 4.39 Å². The molecule has 0 N–H and O–H groups in total. The van der Waals surface area contributed by atoms with Crippen molar-refractivity contribution in [3.05, 3.63) is 34.6 Å². The van der Waals surface area contributed by atoms with E-state index in [0.29, 0.717) is 0 Å². The van der Waals surface area contributed by atoms with Crippen LogP contribution in [0.5, 0.6) is 0 Å². The SMILES string of the molecule is CCc1ccc(CCC(C)(C)CN(C)C)c(C)c1F. The van der Waals surface area contributed by atoms with Crippen LogP contribution in [-0.2, 0) is 12.8 Å². The molecule has 2 heteroatoms. The van der Waals surface area contributed by atoms with Gasteiger partial charge in [-0.2, -0.15) is 0 Å². The minimum Gasteiger partial charge on any atom is -0.309 e. The highest BCUT2D eigenvalue weighted by molar-refractivity contribution is 5.33. The third-order valence-electron chi connectivity index (χ3n) is 3.77. The molecule has 0 heterocycles. The van der Waals surface area contributed by atoms with Gasteiger partial charge in [-0.1, -0.05) is 32.9 Å². The van der Waals surface area contributed by atoms with Crippen LogP contribution in [0.25, 0.3) is 0 Å². The van der Waals surface area contributed by atoms with Gasteiger partial charge in [0, 0.05) is 6.54 Å². The largest absolute Gasteiger partial charge is 0.309 e. The fourth-order valence-corrected chi connectivity index (χ4v) is 2.73. The average molecular weight is 265 g/mol. The molecule has 0 bridgehead atoms. The zero-order chi connectivity index (χ0) is 14.6. The van der Waals surface area contributed by atoms with E-state index in [2.05, 4.69) is 38.9 Å². The number of rotatable bonds is 6. The van der Waals surface area contributed by atoms with Crippen molar-refractivity contribution in [3.8, 4) is 0 Å². The van der Waals surface area contributed by atoms with Gasteiger partial charge in [-0.3, -0.25) is 0 Å². The van der Waals surface area contributed by atoms with E-state index in [1.807, 2.05) is 19.9 Å². The Labute approximate surface area is 117 Å². The maximum Gasteiger partial charge on any atom is 0.129 e. The predicted molar refractivity (Wildman–Crippen MR) is 81.2 cm³/mol. The Morgan fingerprint density at radius 2 is 1.74 bits per heavy atom. The summed E-state index contributed by atoms with van der Waals surface area (Å²) in [6, 6.07) is 4.04. The topological polar surface area (TPSA) is 3.24 Å². The van der Waals surface area contributed by atoms with Gasteiger partial charge < -0.3 is 4.90 Å². The van der Waals surface area contributed by atoms with E-state index in [1.54, 1.807) is 0 Å². The summed E-state index contributed by atoms with van der Waals surface area (Å²) in [6.45, 7) is 9.51. The lowest BCUT2D eigenvalue weighted by Crippen LogP contribution is -2.29. The standard InChI is InChI=1S/C17H28FN/c1-7-14-8-9-15(13(2)16(14)18)10-11-17(3,4)12-19(5)6/h8-9H,7,10-12H2,1-6H3. The lowest BCUT2D eigenvalue weighted by molar-refractivity contribution is 0.226. The zero-order valence-corrected chi connectivity index (χ0v) is 13.3. The average Bonchev–Trinajstić information content (AvgIpc) is 2.29. The van der Waals surface area contributed by atoms with E-state index < -0.39 is 0 Å². The molecule has 1 aromatic rings. The Hall–Kier alpha value is -0.890. The molecule has 0 radical (unpaired) electrons. The highest BCUT2D eigenvalue weighted by Crippen LogP contribution is 2.26. The molecule has 1 nitrogen and oxygen atoms in total. The molecule has 0 saturated heterocycles. The van der Waals surface area contributed by atoms with Crippen LogP contribution < -0.4 is 0 Å². The van der Waals surface area contributed by atoms with Gasteiger partial charge in [-0.05, 0) is 62.4 Å². The molecular formula is C17H28FN. The first kappa shape index (κ1) is 16.2. The van der Waals surface area contributed by atoms with Crippen molar-refractivity contribution in [3.63, 3.8) is 0 Å². The molecule has 0 aromatic heterocycles. The Bertz CT molecular complexity index is 422. The Morgan fingerprint density at radius 1 is 1.16 bits per heavy atom. The quantitative estimate of drug-likeness (QED) is 0.744. The number of aryl methyl sites for hydroxylation is 2. The summed E-state index contributed by atoms with van der Waals surface area (Å²) >= 11 is 0. The van der Waals surface area contributed by atoms with E-state index in [1.165, 1.54) is 0 Å². The monoisotopic (exact) mass is 265 g/mol. The van der Waals surface area contributed by atoms with Gasteiger partial charge in [0.2, 0.25) is 0 Å². The highest BCUT2D eigenvalue weighted by atomic mass is 19.1. The molecule has 0 atom stereocenters. The molecule has 108 valence electrons. The van der Waals surface area contributed by atoms with E-state index in [-0.39, 0.29) is 11.2 Å². The summed E-state index contributed by atoms with van der Waals surface area (Å²) < 4.78 is 14.1. The number of nitrogens with zero attached hydrogens (tertiary/aromatic N) is 1. The molecule has 0 unspecified atom stereocenters. The molecule has 0 amide bonds. The Morgan fingerprint density at radius 3 is 2.26 bits per heavy atom. The summed E-state index contributed by atoms with van der Waals surface area (Å²) in [5, 5.41) is 0. The first-order valence-corrected chi connectivity index (χ1v) is 7.18. The van der Waals surface area contributed by atoms with Crippen molar-refractivity contribution >= 4 is 0 Å². The number of halogens is 1. The smallest absolute Gasteiger partial charge is 0.129 e. The summed E-state index contributed by atoms with van der Waals surface area (Å²) in [6.07, 6.45) is 2.80. The van der Waals surface area contributed by atoms with Gasteiger partial charge in [0.15, 0.2) is 0 Å². The van der Waals surface area contributed by atoms with Crippen molar-refractivity contribution < 1.29 is 4.39 Å². The van der Waals surface area contributed by atoms with Crippen LogP contribution in [0.2, 0.25) is 0 Å². The second-order valence-electron chi connectivity index (χ2n) is 6.58. The summed E-state index contributed by atoms with van der Waals surface area (Å²) in [5.74, 6) is -0.00887. The van der Waals surface area contributed by atoms with Gasteiger partial charge in [-0.15, -0.1) is 0 Å². The van der Waals surface area contributed by atoms with Crippen LogP contribution in [0.4, 0.5) is 4.39 Å². The maximum absolute atomic E-state index is 14.1. The van der Waals surface area contributed by atoms with Gasteiger partial charge in [0.1, 0.15) is 5.82 Å². The van der Waals surface area contributed by atoms with Crippen LogP contribution in [-0.4, -0.2) is 25.5 Å². The zero-order valence-electron chi connectivity index (χ0n) is 13.3. The minimum atomic E-state index is -0.00887. The number of hydrogen-bond donors (Lipinski definition) is 0. The van der Waals surface area contributed by atoms with Crippen LogP contribution in [0.1, 0.15) is 43.9 Å². The lowest BCUT2D eigenvalue weighted by atomic mass is 9.85. The molecule has 1 rings (SSSR count). The van der Waals surface area contributed by atoms with Crippen molar-refractivity contribution in [2.45, 2.75) is 47.0 Å². The third-order valence-corrected chi connectivity index (χ3v) is 3.77. The van der Waals surface area contributed by atoms with E-state index in [4.69, 9.17) is 0 Å². The van der Waals surface area contributed by atoms with Crippen LogP contribution in [0.15, 0.2) is 12.1 Å². The van der Waals surface area contributed by atoms with Crippen molar-refractivity contribution in [1.82, 2.24) is 4.90 Å². The lowest BCUT2D eigenvalue weighted by Gasteiger charge is -2.28. The molecule has 0 spiro atoms. The molecule has 0 aliphatic heterocycles. The Balaban J connectivity index is 2.76.